The van der Waals surface area contributed by atoms with Crippen molar-refractivity contribution < 1.29 is 28.5 Å². The summed E-state index contributed by atoms with van der Waals surface area (Å²) >= 11 is 0. The zero-order chi connectivity index (χ0) is 57.1. The van der Waals surface area contributed by atoms with E-state index >= 15 is 0 Å². The van der Waals surface area contributed by atoms with E-state index < -0.39 is 11.2 Å². The minimum Gasteiger partial charge on any atom is -0.457 e. The second kappa shape index (κ2) is 22.9. The molecule has 2 N–H and O–H groups in total. The molecule has 0 spiro atoms. The van der Waals surface area contributed by atoms with Gasteiger partial charge in [0.15, 0.2) is 22.9 Å². The number of ether oxygens (including phenoxy) is 4. The first-order valence-electron chi connectivity index (χ1n) is 27.3. The summed E-state index contributed by atoms with van der Waals surface area (Å²) in [4.78, 5) is 65.2. The van der Waals surface area contributed by atoms with Gasteiger partial charge in [-0.05, 0) is 165 Å². The van der Waals surface area contributed by atoms with Gasteiger partial charge in [0.05, 0.1) is 11.0 Å². The van der Waals surface area contributed by atoms with E-state index in [9.17, 15) is 9.59 Å². The maximum atomic E-state index is 12.7. The number of fused-ring (bicyclic) bond motifs is 4. The number of hydrogen-bond acceptors (Lipinski definition) is 18. The third-order valence-electron chi connectivity index (χ3n) is 13.8. The Morgan fingerprint density at radius 1 is 0.524 bits per heavy atom. The number of piperidine rings is 2. The number of anilines is 4. The van der Waals surface area contributed by atoms with Gasteiger partial charge in [-0.1, -0.05) is 0 Å². The van der Waals surface area contributed by atoms with Gasteiger partial charge in [-0.2, -0.15) is 10.2 Å². The van der Waals surface area contributed by atoms with E-state index in [0.717, 1.165) is 82.1 Å². The van der Waals surface area contributed by atoms with Crippen LogP contribution in [0, 0.1) is 13.8 Å². The number of aromatic nitrogens is 12. The molecule has 0 aliphatic carbocycles. The molecule has 22 heteroatoms. The van der Waals surface area contributed by atoms with Gasteiger partial charge in [0.25, 0.3) is 0 Å². The lowest BCUT2D eigenvalue weighted by Gasteiger charge is -2.34. The SMILES string of the molecule is Cc1cc(Nc2ncnc3ccc(C4CCCN(C(=O)OC(C)(C)C)C4)nc23)ccc1Oc1ccn2ncnc2c1.Cc1cc(Nc2ncnc3ccc([C@@H]4CCCN(C(=O)OC(C)(C)C)C4)nc23)ccc1Oc1ccn2ncnc2c1. The molecule has 2 fully saturated rings. The molecular weight excluding hydrogens is 1040 g/mol. The molecular formula is C60H64N16O6. The predicted molar refractivity (Wildman–Crippen MR) is 309 cm³/mol. The summed E-state index contributed by atoms with van der Waals surface area (Å²) in [5, 5.41) is 15.0. The quantitative estimate of drug-likeness (QED) is 0.129. The van der Waals surface area contributed by atoms with E-state index in [1.54, 1.807) is 18.8 Å². The average Bonchev–Trinajstić information content (AvgIpc) is 4.18. The summed E-state index contributed by atoms with van der Waals surface area (Å²) in [6.07, 6.45) is 12.8. The highest BCUT2D eigenvalue weighted by molar-refractivity contribution is 5.88. The summed E-state index contributed by atoms with van der Waals surface area (Å²) in [5.74, 6) is 4.26. The predicted octanol–water partition coefficient (Wildman–Crippen LogP) is 12.1. The Labute approximate surface area is 473 Å². The number of aryl methyl sites for hydroxylation is 2. The molecule has 8 aromatic heterocycles. The number of pyridine rings is 4. The van der Waals surface area contributed by atoms with Crippen molar-refractivity contribution in [2.75, 3.05) is 36.8 Å². The number of rotatable bonds is 10. The van der Waals surface area contributed by atoms with E-state index in [2.05, 4.69) is 50.7 Å². The third-order valence-corrected chi connectivity index (χ3v) is 13.8. The van der Waals surface area contributed by atoms with Crippen LogP contribution in [-0.2, 0) is 9.47 Å². The van der Waals surface area contributed by atoms with Crippen LogP contribution in [0.3, 0.4) is 0 Å². The van der Waals surface area contributed by atoms with E-state index in [1.807, 2.05) is 153 Å². The van der Waals surface area contributed by atoms with Crippen molar-refractivity contribution in [1.29, 1.82) is 0 Å². The maximum absolute atomic E-state index is 12.7. The topological polar surface area (TPSA) is 239 Å². The first-order valence-corrected chi connectivity index (χ1v) is 27.3. The lowest BCUT2D eigenvalue weighted by atomic mass is 9.94. The summed E-state index contributed by atoms with van der Waals surface area (Å²) in [6, 6.07) is 27.0. The Kier molecular flexibility index (Phi) is 15.2. The minimum atomic E-state index is -0.530. The molecule has 1 unspecified atom stereocenters. The van der Waals surface area contributed by atoms with Crippen LogP contribution in [0.5, 0.6) is 23.0 Å². The van der Waals surface area contributed by atoms with Gasteiger partial charge in [-0.3, -0.25) is 0 Å². The Morgan fingerprint density at radius 3 is 1.38 bits per heavy atom. The zero-order valence-corrected chi connectivity index (χ0v) is 47.1. The molecule has 0 saturated carbocycles. The van der Waals surface area contributed by atoms with Crippen molar-refractivity contribution in [1.82, 2.24) is 68.9 Å². The number of hydrogen-bond donors (Lipinski definition) is 2. The minimum absolute atomic E-state index is 0.101. The summed E-state index contributed by atoms with van der Waals surface area (Å²) in [6.45, 7) is 17.8. The molecule has 2 aromatic carbocycles. The molecule has 10 heterocycles. The van der Waals surface area contributed by atoms with Gasteiger partial charge in [0, 0.05) is 85.3 Å². The maximum Gasteiger partial charge on any atom is 0.410 e. The van der Waals surface area contributed by atoms with Crippen LogP contribution in [-0.4, -0.2) is 118 Å². The molecule has 12 rings (SSSR count). The number of benzene rings is 2. The number of nitrogens with one attached hydrogen (secondary N) is 2. The van der Waals surface area contributed by atoms with E-state index in [1.165, 1.54) is 25.3 Å². The molecule has 2 aliphatic heterocycles. The Balaban J connectivity index is 0.000000172. The van der Waals surface area contributed by atoms with Crippen LogP contribution < -0.4 is 20.1 Å². The highest BCUT2D eigenvalue weighted by Crippen LogP contribution is 2.35. The second-order valence-corrected chi connectivity index (χ2v) is 22.4. The van der Waals surface area contributed by atoms with Crippen LogP contribution in [0.15, 0.2) is 123 Å². The van der Waals surface area contributed by atoms with E-state index in [-0.39, 0.29) is 24.0 Å². The summed E-state index contributed by atoms with van der Waals surface area (Å²) in [5.41, 5.74) is 8.64. The van der Waals surface area contributed by atoms with Gasteiger partial charge in [-0.15, -0.1) is 0 Å². The summed E-state index contributed by atoms with van der Waals surface area (Å²) < 4.78 is 26.8. The van der Waals surface area contributed by atoms with E-state index in [4.69, 9.17) is 28.9 Å². The average molecular weight is 1110 g/mol. The number of carbonyl (C=O) groups is 2. The van der Waals surface area contributed by atoms with Crippen molar-refractivity contribution in [3.05, 3.63) is 145 Å². The molecule has 10 aromatic rings. The van der Waals surface area contributed by atoms with Gasteiger partial charge in [-0.25, -0.2) is 58.5 Å². The highest BCUT2D eigenvalue weighted by atomic mass is 16.6. The number of nitrogens with zero attached hydrogens (tertiary/aromatic N) is 14. The molecule has 2 amide bonds. The van der Waals surface area contributed by atoms with Crippen LogP contribution in [0.2, 0.25) is 0 Å². The second-order valence-electron chi connectivity index (χ2n) is 22.4. The fraction of sp³-hybridized carbons (Fsp3) is 0.333. The van der Waals surface area contributed by atoms with Gasteiger partial charge >= 0.3 is 12.2 Å². The molecule has 420 valence electrons. The normalized spacial score (nSPS) is 15.7. The molecule has 0 radical (unpaired) electrons. The highest BCUT2D eigenvalue weighted by Gasteiger charge is 2.31. The monoisotopic (exact) mass is 1100 g/mol. The Morgan fingerprint density at radius 2 is 0.963 bits per heavy atom. The number of carbonyl (C=O) groups excluding carboxylic acids is 2. The lowest BCUT2D eigenvalue weighted by Crippen LogP contribution is -2.42. The standard InChI is InChI=1S/2C30H32N8O3/c2*1-19-14-21(7-10-25(19)40-22-11-13-38-26(15-22)32-18-34-38)35-28-27-24(31-17-33-28)9-8-23(36-27)20-6-5-12-37(16-20)29(39)41-30(2,3)4/h2*7-11,13-15,17-18,20H,5-6,12,16H2,1-4H3,(H,31,33,35)/t20-;/m1./s1. The van der Waals surface area contributed by atoms with Gasteiger partial charge < -0.3 is 39.4 Å². The van der Waals surface area contributed by atoms with Crippen molar-refractivity contribution in [2.24, 2.45) is 0 Å². The Bertz CT molecular complexity index is 3710. The van der Waals surface area contributed by atoms with Crippen molar-refractivity contribution in [3.63, 3.8) is 0 Å². The number of likely N-dealkylation sites (tertiary alicyclic amines) is 2. The van der Waals surface area contributed by atoms with Crippen LogP contribution in [0.25, 0.3) is 33.4 Å². The first-order chi connectivity index (χ1) is 39.4. The smallest absolute Gasteiger partial charge is 0.410 e. The zero-order valence-electron chi connectivity index (χ0n) is 47.1. The molecule has 0 bridgehead atoms. The van der Waals surface area contributed by atoms with Crippen molar-refractivity contribution in [3.8, 4) is 23.0 Å². The molecule has 2 aliphatic rings. The first kappa shape index (κ1) is 54.4. The van der Waals surface area contributed by atoms with Gasteiger partial charge in [0.2, 0.25) is 0 Å². The Hall–Kier alpha value is -9.60. The van der Waals surface area contributed by atoms with E-state index in [0.29, 0.717) is 71.6 Å². The fourth-order valence-electron chi connectivity index (χ4n) is 9.90. The molecule has 22 nitrogen and oxygen atoms in total. The lowest BCUT2D eigenvalue weighted by molar-refractivity contribution is 0.0187. The third kappa shape index (κ3) is 12.9. The van der Waals surface area contributed by atoms with Crippen LogP contribution in [0.4, 0.5) is 32.6 Å². The fourth-order valence-corrected chi connectivity index (χ4v) is 9.90. The summed E-state index contributed by atoms with van der Waals surface area (Å²) in [7, 11) is 0. The number of amides is 2. The van der Waals surface area contributed by atoms with Crippen LogP contribution in [0.1, 0.15) is 102 Å². The van der Waals surface area contributed by atoms with Crippen LogP contribution >= 0.6 is 0 Å². The van der Waals surface area contributed by atoms with Gasteiger partial charge in [0.1, 0.15) is 70.5 Å². The molecule has 2 saturated heterocycles. The van der Waals surface area contributed by atoms with Crippen molar-refractivity contribution in [2.45, 2.75) is 104 Å². The molecule has 82 heavy (non-hydrogen) atoms. The largest absolute Gasteiger partial charge is 0.457 e. The molecule has 2 atom stereocenters. The van der Waals surface area contributed by atoms with Crippen molar-refractivity contribution >= 4 is 68.6 Å².